The van der Waals surface area contributed by atoms with Crippen LogP contribution in [0.4, 0.5) is 0 Å². The van der Waals surface area contributed by atoms with E-state index < -0.39 is 0 Å². The summed E-state index contributed by atoms with van der Waals surface area (Å²) >= 11 is 12.5. The van der Waals surface area contributed by atoms with E-state index in [1.54, 1.807) is 0 Å². The van der Waals surface area contributed by atoms with E-state index in [1.807, 2.05) is 18.6 Å². The predicted octanol–water partition coefficient (Wildman–Crippen LogP) is 4.05. The molecule has 0 amide bonds. The highest BCUT2D eigenvalue weighted by atomic mass is 35.5. The highest BCUT2D eigenvalue weighted by Crippen LogP contribution is 2.44. The summed E-state index contributed by atoms with van der Waals surface area (Å²) in [6.07, 6.45) is 13.0. The molecule has 0 spiro atoms. The standard InChI is InChI=1S/C11H13Cl2/c12-10-6-3-7-11(13,8-10)9-4-1-2-5-9/h3,6-9H,1-2,4-5H2. The quantitative estimate of drug-likeness (QED) is 0.580. The second kappa shape index (κ2) is 3.67. The van der Waals surface area contributed by atoms with E-state index in [0.29, 0.717) is 5.92 Å². The van der Waals surface area contributed by atoms with Crippen molar-refractivity contribution in [1.29, 1.82) is 0 Å². The molecule has 2 heteroatoms. The minimum Gasteiger partial charge on any atom is -0.114 e. The van der Waals surface area contributed by atoms with Crippen molar-refractivity contribution in [1.82, 2.24) is 0 Å². The van der Waals surface area contributed by atoms with E-state index in [2.05, 4.69) is 6.08 Å². The number of hydrogen-bond donors (Lipinski definition) is 0. The largest absolute Gasteiger partial charge is 0.114 e. The number of hydrogen-bond acceptors (Lipinski definition) is 0. The third kappa shape index (κ3) is 1.94. The Morgan fingerprint density at radius 3 is 2.62 bits per heavy atom. The van der Waals surface area contributed by atoms with Crippen molar-refractivity contribution in [3.8, 4) is 0 Å². The summed E-state index contributed by atoms with van der Waals surface area (Å²) in [7, 11) is 0. The van der Waals surface area contributed by atoms with Crippen LogP contribution in [0, 0.1) is 12.3 Å². The summed E-state index contributed by atoms with van der Waals surface area (Å²) < 4.78 is 0. The molecule has 1 atom stereocenters. The van der Waals surface area contributed by atoms with Crippen LogP contribution >= 0.6 is 23.2 Å². The summed E-state index contributed by atoms with van der Waals surface area (Å²) in [5, 5.41) is 0.768. The molecule has 0 nitrogen and oxygen atoms in total. The Morgan fingerprint density at radius 2 is 2.00 bits per heavy atom. The highest BCUT2D eigenvalue weighted by Gasteiger charge is 2.37. The van der Waals surface area contributed by atoms with E-state index in [-0.39, 0.29) is 4.87 Å². The molecule has 1 unspecified atom stereocenters. The number of halogens is 2. The first-order valence-corrected chi connectivity index (χ1v) is 5.56. The molecule has 1 radical (unpaired) electrons. The zero-order valence-corrected chi connectivity index (χ0v) is 8.98. The van der Waals surface area contributed by atoms with Crippen LogP contribution in [0.3, 0.4) is 0 Å². The van der Waals surface area contributed by atoms with Crippen molar-refractivity contribution in [2.45, 2.75) is 30.6 Å². The zero-order chi connectivity index (χ0) is 9.31. The molecule has 0 heterocycles. The van der Waals surface area contributed by atoms with E-state index in [1.165, 1.54) is 25.7 Å². The Kier molecular flexibility index (Phi) is 2.71. The fourth-order valence-corrected chi connectivity index (χ4v) is 2.93. The van der Waals surface area contributed by atoms with Gasteiger partial charge in [-0.25, -0.2) is 0 Å². The van der Waals surface area contributed by atoms with Gasteiger partial charge in [0.2, 0.25) is 0 Å². The number of rotatable bonds is 1. The first-order valence-electron chi connectivity index (χ1n) is 4.80. The molecule has 2 aliphatic rings. The van der Waals surface area contributed by atoms with Gasteiger partial charge >= 0.3 is 0 Å². The van der Waals surface area contributed by atoms with Crippen LogP contribution < -0.4 is 0 Å². The van der Waals surface area contributed by atoms with Crippen molar-refractivity contribution < 1.29 is 0 Å². The Bertz CT molecular complexity index is 249. The van der Waals surface area contributed by atoms with Gasteiger partial charge in [-0.2, -0.15) is 0 Å². The Balaban J connectivity index is 2.12. The first-order chi connectivity index (χ1) is 6.21. The van der Waals surface area contributed by atoms with Gasteiger partial charge in [0.05, 0.1) is 4.87 Å². The molecular weight excluding hydrogens is 203 g/mol. The average Bonchev–Trinajstić information content (AvgIpc) is 2.55. The van der Waals surface area contributed by atoms with Gasteiger partial charge in [0.15, 0.2) is 0 Å². The molecule has 0 aromatic heterocycles. The van der Waals surface area contributed by atoms with Gasteiger partial charge in [-0.1, -0.05) is 36.6 Å². The van der Waals surface area contributed by atoms with Crippen molar-refractivity contribution in [3.63, 3.8) is 0 Å². The van der Waals surface area contributed by atoms with E-state index in [0.717, 1.165) is 5.03 Å². The molecule has 1 fully saturated rings. The summed E-state index contributed by atoms with van der Waals surface area (Å²) in [6.45, 7) is 0. The van der Waals surface area contributed by atoms with E-state index in [9.17, 15) is 0 Å². The molecule has 0 aromatic carbocycles. The SMILES string of the molecule is ClC1=CC=CC(Cl)(C2CCCC2)[CH]1. The molecule has 71 valence electrons. The maximum atomic E-state index is 6.51. The lowest BCUT2D eigenvalue weighted by Gasteiger charge is -2.31. The van der Waals surface area contributed by atoms with Crippen molar-refractivity contribution in [2.24, 2.45) is 5.92 Å². The Labute approximate surface area is 89.6 Å². The van der Waals surface area contributed by atoms with Crippen LogP contribution in [0.2, 0.25) is 0 Å². The number of allylic oxidation sites excluding steroid dienone is 4. The number of alkyl halides is 1. The third-order valence-electron chi connectivity index (χ3n) is 2.95. The smallest absolute Gasteiger partial charge is 0.0740 e. The monoisotopic (exact) mass is 215 g/mol. The van der Waals surface area contributed by atoms with E-state index in [4.69, 9.17) is 23.2 Å². The third-order valence-corrected chi connectivity index (χ3v) is 3.73. The van der Waals surface area contributed by atoms with Crippen molar-refractivity contribution >= 4 is 23.2 Å². The summed E-state index contributed by atoms with van der Waals surface area (Å²) in [6, 6.07) is 0. The van der Waals surface area contributed by atoms with Gasteiger partial charge in [0.25, 0.3) is 0 Å². The van der Waals surface area contributed by atoms with Gasteiger partial charge in [-0.3, -0.25) is 0 Å². The van der Waals surface area contributed by atoms with Crippen LogP contribution in [0.25, 0.3) is 0 Å². The molecule has 0 N–H and O–H groups in total. The van der Waals surface area contributed by atoms with Gasteiger partial charge in [0.1, 0.15) is 0 Å². The topological polar surface area (TPSA) is 0 Å². The molecule has 2 aliphatic carbocycles. The van der Waals surface area contributed by atoms with Gasteiger partial charge in [0, 0.05) is 11.5 Å². The highest BCUT2D eigenvalue weighted by molar-refractivity contribution is 6.34. The molecule has 13 heavy (non-hydrogen) atoms. The van der Waals surface area contributed by atoms with Crippen LogP contribution in [0.1, 0.15) is 25.7 Å². The fourth-order valence-electron chi connectivity index (χ4n) is 2.22. The normalized spacial score (nSPS) is 35.1. The molecule has 0 bridgehead atoms. The summed E-state index contributed by atoms with van der Waals surface area (Å²) in [5.41, 5.74) is 0. The maximum absolute atomic E-state index is 6.51. The second-order valence-corrected chi connectivity index (χ2v) is 4.95. The summed E-state index contributed by atoms with van der Waals surface area (Å²) in [5.74, 6) is 0.577. The predicted molar refractivity (Wildman–Crippen MR) is 57.9 cm³/mol. The fraction of sp³-hybridized carbons (Fsp3) is 0.545. The van der Waals surface area contributed by atoms with Crippen LogP contribution in [-0.4, -0.2) is 4.87 Å². The molecule has 0 aliphatic heterocycles. The molecule has 0 saturated heterocycles. The lowest BCUT2D eigenvalue weighted by Crippen LogP contribution is -2.29. The Hall–Kier alpha value is 0.0600. The first kappa shape index (κ1) is 9.61. The molecule has 1 saturated carbocycles. The minimum absolute atomic E-state index is 0.303. The second-order valence-electron chi connectivity index (χ2n) is 3.86. The Morgan fingerprint density at radius 1 is 1.31 bits per heavy atom. The van der Waals surface area contributed by atoms with Crippen molar-refractivity contribution in [3.05, 3.63) is 29.7 Å². The summed E-state index contributed by atoms with van der Waals surface area (Å²) in [4.78, 5) is -0.303. The van der Waals surface area contributed by atoms with Crippen LogP contribution in [0.5, 0.6) is 0 Å². The van der Waals surface area contributed by atoms with Crippen LogP contribution in [0.15, 0.2) is 23.3 Å². The van der Waals surface area contributed by atoms with Gasteiger partial charge < -0.3 is 0 Å². The molecular formula is C11H13Cl2. The van der Waals surface area contributed by atoms with Crippen molar-refractivity contribution in [2.75, 3.05) is 0 Å². The van der Waals surface area contributed by atoms with Crippen LogP contribution in [-0.2, 0) is 0 Å². The van der Waals surface area contributed by atoms with Gasteiger partial charge in [-0.05, 0) is 24.8 Å². The van der Waals surface area contributed by atoms with E-state index >= 15 is 0 Å². The molecule has 0 aromatic rings. The lowest BCUT2D eigenvalue weighted by atomic mass is 9.85. The molecule has 2 rings (SSSR count). The maximum Gasteiger partial charge on any atom is 0.0740 e. The zero-order valence-electron chi connectivity index (χ0n) is 7.47. The lowest BCUT2D eigenvalue weighted by molar-refractivity contribution is 0.479. The minimum atomic E-state index is -0.303. The van der Waals surface area contributed by atoms with Gasteiger partial charge in [-0.15, -0.1) is 11.6 Å². The average molecular weight is 216 g/mol.